The molecular weight excluding hydrogens is 494 g/mol. The molecule has 1 aliphatic carbocycles. The van der Waals surface area contributed by atoms with Crippen molar-refractivity contribution < 1.29 is 23.8 Å². The maximum Gasteiger partial charge on any atom is 0.357 e. The highest BCUT2D eigenvalue weighted by molar-refractivity contribution is 5.95. The van der Waals surface area contributed by atoms with Crippen molar-refractivity contribution in [3.05, 3.63) is 138 Å². The molecule has 3 aromatic carbocycles. The largest absolute Gasteiger partial charge is 0.457 e. The highest BCUT2D eigenvalue weighted by atomic mass is 16.6. The maximum absolute atomic E-state index is 13.0. The number of rotatable bonds is 9. The first kappa shape index (κ1) is 25.7. The van der Waals surface area contributed by atoms with E-state index in [9.17, 15) is 9.59 Å². The molecule has 1 aromatic heterocycles. The number of hydrogen-bond acceptors (Lipinski definition) is 6. The van der Waals surface area contributed by atoms with Crippen LogP contribution in [0.2, 0.25) is 0 Å². The molecule has 1 heterocycles. The zero-order valence-electron chi connectivity index (χ0n) is 21.2. The van der Waals surface area contributed by atoms with Crippen molar-refractivity contribution in [3.8, 4) is 11.5 Å². The van der Waals surface area contributed by atoms with E-state index >= 15 is 0 Å². The van der Waals surface area contributed by atoms with Crippen molar-refractivity contribution >= 4 is 11.9 Å². The molecule has 8 heteroatoms. The Morgan fingerprint density at radius 3 is 2.08 bits per heavy atom. The summed E-state index contributed by atoms with van der Waals surface area (Å²) >= 11 is 0. The molecule has 0 saturated heterocycles. The Balaban J connectivity index is 1.45. The molecule has 1 aliphatic rings. The van der Waals surface area contributed by atoms with Crippen molar-refractivity contribution in [2.24, 2.45) is 0 Å². The van der Waals surface area contributed by atoms with Crippen LogP contribution in [0, 0.1) is 0 Å². The Morgan fingerprint density at radius 2 is 1.46 bits per heavy atom. The standard InChI is InChI=1S/C31H27N3O5/c1-2-37-31(33-28(35)23-9-5-3-6-10-23)20-18-30(19-21-31,39-29(36)27-17-22-32-34-27)24-13-15-26(16-14-24)38-25-11-7-4-8-12-25/h3-22H,2H2,1H3,(H,32,34)(H,33,35). The Labute approximate surface area is 225 Å². The molecule has 0 aliphatic heterocycles. The van der Waals surface area contributed by atoms with Crippen LogP contribution in [0.15, 0.2) is 121 Å². The van der Waals surface area contributed by atoms with Gasteiger partial charge in [0.2, 0.25) is 0 Å². The lowest BCUT2D eigenvalue weighted by Crippen LogP contribution is -2.50. The molecule has 4 aromatic rings. The molecule has 0 spiro atoms. The Kier molecular flexibility index (Phi) is 7.38. The summed E-state index contributed by atoms with van der Waals surface area (Å²) in [5.74, 6) is 0.438. The highest BCUT2D eigenvalue weighted by Crippen LogP contribution is 2.37. The quantitative estimate of drug-likeness (QED) is 0.170. The van der Waals surface area contributed by atoms with Gasteiger partial charge in [-0.2, -0.15) is 5.10 Å². The lowest BCUT2D eigenvalue weighted by atomic mass is 9.86. The molecule has 0 unspecified atom stereocenters. The number of carbonyl (C=O) groups excluding carboxylic acids is 2. The lowest BCUT2D eigenvalue weighted by Gasteiger charge is -2.37. The van der Waals surface area contributed by atoms with Gasteiger partial charge in [0.25, 0.3) is 5.91 Å². The van der Waals surface area contributed by atoms with Crippen LogP contribution in [-0.2, 0) is 15.1 Å². The third-order valence-corrected chi connectivity index (χ3v) is 6.15. The number of aromatic nitrogens is 2. The average Bonchev–Trinajstić information content (AvgIpc) is 3.52. The van der Waals surface area contributed by atoms with Gasteiger partial charge in [0.1, 0.15) is 17.2 Å². The number of amides is 1. The summed E-state index contributed by atoms with van der Waals surface area (Å²) in [4.78, 5) is 26.0. The number of ether oxygens (including phenoxy) is 3. The first-order chi connectivity index (χ1) is 19.0. The molecule has 2 N–H and O–H groups in total. The molecule has 0 fully saturated rings. The van der Waals surface area contributed by atoms with Crippen molar-refractivity contribution in [2.75, 3.05) is 6.61 Å². The third kappa shape index (κ3) is 5.81. The van der Waals surface area contributed by atoms with Gasteiger partial charge in [-0.15, -0.1) is 0 Å². The van der Waals surface area contributed by atoms with E-state index in [-0.39, 0.29) is 11.6 Å². The zero-order chi connectivity index (χ0) is 27.1. The predicted molar refractivity (Wildman–Crippen MR) is 145 cm³/mol. The van der Waals surface area contributed by atoms with Crippen LogP contribution in [0.25, 0.3) is 0 Å². The van der Waals surface area contributed by atoms with Gasteiger partial charge in [-0.25, -0.2) is 4.79 Å². The van der Waals surface area contributed by atoms with E-state index in [4.69, 9.17) is 14.2 Å². The second-order valence-corrected chi connectivity index (χ2v) is 8.81. The fraction of sp³-hybridized carbons (Fsp3) is 0.129. The Hall–Kier alpha value is -4.95. The molecular formula is C31H27N3O5. The Morgan fingerprint density at radius 1 is 0.821 bits per heavy atom. The van der Waals surface area contributed by atoms with E-state index in [1.54, 1.807) is 60.7 Å². The monoisotopic (exact) mass is 521 g/mol. The number of hydrogen-bond donors (Lipinski definition) is 2. The van der Waals surface area contributed by atoms with Gasteiger partial charge in [-0.1, -0.05) is 48.5 Å². The summed E-state index contributed by atoms with van der Waals surface area (Å²) in [6.45, 7) is 2.17. The van der Waals surface area contributed by atoms with Crippen molar-refractivity contribution in [1.82, 2.24) is 15.5 Å². The fourth-order valence-corrected chi connectivity index (χ4v) is 4.21. The van der Waals surface area contributed by atoms with Gasteiger partial charge in [0.15, 0.2) is 11.3 Å². The summed E-state index contributed by atoms with van der Waals surface area (Å²) in [6.07, 6.45) is 8.26. The highest BCUT2D eigenvalue weighted by Gasteiger charge is 2.40. The number of benzene rings is 3. The second kappa shape index (κ2) is 11.2. The molecule has 196 valence electrons. The van der Waals surface area contributed by atoms with E-state index in [1.165, 1.54) is 12.3 Å². The molecule has 0 bridgehead atoms. The smallest absolute Gasteiger partial charge is 0.357 e. The van der Waals surface area contributed by atoms with E-state index in [0.29, 0.717) is 29.2 Å². The number of nitrogens with zero attached hydrogens (tertiary/aromatic N) is 1. The van der Waals surface area contributed by atoms with Crippen LogP contribution in [-0.4, -0.2) is 34.4 Å². The van der Waals surface area contributed by atoms with E-state index < -0.39 is 17.3 Å². The van der Waals surface area contributed by atoms with Crippen LogP contribution >= 0.6 is 0 Å². The number of esters is 1. The molecule has 8 nitrogen and oxygen atoms in total. The van der Waals surface area contributed by atoms with Crippen LogP contribution in [0.4, 0.5) is 0 Å². The SMILES string of the molecule is CCOC1(NC(=O)c2ccccc2)C=CC(OC(=O)c2ccn[nH]2)(c2ccc(Oc3ccccc3)cc2)C=C1. The van der Waals surface area contributed by atoms with Crippen molar-refractivity contribution in [1.29, 1.82) is 0 Å². The van der Waals surface area contributed by atoms with Crippen LogP contribution in [0.5, 0.6) is 11.5 Å². The molecule has 0 atom stereocenters. The second-order valence-electron chi connectivity index (χ2n) is 8.81. The third-order valence-electron chi connectivity index (χ3n) is 6.15. The summed E-state index contributed by atoms with van der Waals surface area (Å²) < 4.78 is 17.9. The molecule has 0 saturated carbocycles. The van der Waals surface area contributed by atoms with Gasteiger partial charge < -0.3 is 19.5 Å². The van der Waals surface area contributed by atoms with Crippen molar-refractivity contribution in [3.63, 3.8) is 0 Å². The number of H-pyrrole nitrogens is 1. The normalized spacial score (nSPS) is 19.8. The van der Waals surface area contributed by atoms with Crippen LogP contribution < -0.4 is 10.1 Å². The minimum atomic E-state index is -1.29. The summed E-state index contributed by atoms with van der Waals surface area (Å²) in [5.41, 5.74) is -1.15. The average molecular weight is 522 g/mol. The number of carbonyl (C=O) groups is 2. The van der Waals surface area contributed by atoms with Crippen LogP contribution in [0.3, 0.4) is 0 Å². The maximum atomic E-state index is 13.0. The number of aromatic amines is 1. The van der Waals surface area contributed by atoms with Gasteiger partial charge in [-0.3, -0.25) is 9.89 Å². The first-order valence-electron chi connectivity index (χ1n) is 12.5. The summed E-state index contributed by atoms with van der Waals surface area (Å²) in [7, 11) is 0. The van der Waals surface area contributed by atoms with Gasteiger partial charge >= 0.3 is 5.97 Å². The van der Waals surface area contributed by atoms with Crippen molar-refractivity contribution in [2.45, 2.75) is 18.2 Å². The van der Waals surface area contributed by atoms with E-state index in [1.807, 2.05) is 55.5 Å². The minimum absolute atomic E-state index is 0.208. The topological polar surface area (TPSA) is 103 Å². The number of para-hydroxylation sites is 1. The van der Waals surface area contributed by atoms with Gasteiger partial charge in [0.05, 0.1) is 0 Å². The summed E-state index contributed by atoms with van der Waals surface area (Å²) in [6, 6.07) is 27.1. The lowest BCUT2D eigenvalue weighted by molar-refractivity contribution is -0.00314. The van der Waals surface area contributed by atoms with Gasteiger partial charge in [0, 0.05) is 23.9 Å². The molecule has 39 heavy (non-hydrogen) atoms. The molecule has 5 rings (SSSR count). The van der Waals surface area contributed by atoms with E-state index in [0.717, 1.165) is 0 Å². The summed E-state index contributed by atoms with van der Waals surface area (Å²) in [5, 5.41) is 9.43. The van der Waals surface area contributed by atoms with Crippen LogP contribution in [0.1, 0.15) is 33.3 Å². The predicted octanol–water partition coefficient (Wildman–Crippen LogP) is 5.54. The first-order valence-corrected chi connectivity index (χ1v) is 12.5. The number of nitrogens with one attached hydrogen (secondary N) is 2. The minimum Gasteiger partial charge on any atom is -0.457 e. The molecule has 1 amide bonds. The zero-order valence-corrected chi connectivity index (χ0v) is 21.2. The van der Waals surface area contributed by atoms with Gasteiger partial charge in [-0.05, 0) is 73.7 Å². The molecule has 0 radical (unpaired) electrons. The van der Waals surface area contributed by atoms with E-state index in [2.05, 4.69) is 15.5 Å². The fourth-order valence-electron chi connectivity index (χ4n) is 4.21. The Bertz CT molecular complexity index is 1450.